The van der Waals surface area contributed by atoms with Gasteiger partial charge in [0, 0.05) is 12.0 Å². The number of carboxylic acid groups (broad SMARTS) is 1. The van der Waals surface area contributed by atoms with Gasteiger partial charge in [0.15, 0.2) is 0 Å². The molecule has 0 saturated carbocycles. The van der Waals surface area contributed by atoms with E-state index in [1.54, 1.807) is 0 Å². The monoisotopic (exact) mass is 260 g/mol. The average Bonchev–Trinajstić information content (AvgIpc) is 1.95. The third-order valence-corrected chi connectivity index (χ3v) is 4.63. The van der Waals surface area contributed by atoms with E-state index < -0.39 is 29.5 Å². The van der Waals surface area contributed by atoms with E-state index in [-0.39, 0.29) is 12.2 Å². The highest BCUT2D eigenvalue weighted by molar-refractivity contribution is 7.95. The smallest absolute Gasteiger partial charge is 0.456 e. The van der Waals surface area contributed by atoms with Crippen LogP contribution in [0.2, 0.25) is 0 Å². The Balaban J connectivity index is 4.55. The molecule has 0 radical (unpaired) electrons. The average molecular weight is 260 g/mol. The highest BCUT2D eigenvalue weighted by atomic mass is 32.2. The number of hydrogen-bond donors (Lipinski definition) is 4. The summed E-state index contributed by atoms with van der Waals surface area (Å²) in [7, 11) is -7.81. The van der Waals surface area contributed by atoms with E-state index in [1.807, 2.05) is 0 Å². The number of nitrogens with zero attached hydrogens (tertiary/aromatic N) is 1. The summed E-state index contributed by atoms with van der Waals surface area (Å²) in [6, 6.07) is -1.21. The van der Waals surface area contributed by atoms with Gasteiger partial charge in [0.2, 0.25) is 0 Å². The minimum atomic E-state index is -4.71. The maximum atomic E-state index is 11.4. The van der Waals surface area contributed by atoms with E-state index in [2.05, 4.69) is 4.13 Å². The number of carbonyl (C=O) groups is 1. The highest BCUT2D eigenvalue weighted by Gasteiger charge is 2.18. The molecule has 0 unspecified atom stereocenters. The largest absolute Gasteiger partial charge is 0.480 e. The lowest BCUT2D eigenvalue weighted by atomic mass is 10.2. The molecule has 0 aromatic rings. The third-order valence-electron chi connectivity index (χ3n) is 1.40. The second-order valence-electron chi connectivity index (χ2n) is 2.99. The lowest BCUT2D eigenvalue weighted by Gasteiger charge is -2.07. The van der Waals surface area contributed by atoms with Gasteiger partial charge in [0.05, 0.1) is 9.73 Å². The van der Waals surface area contributed by atoms with Crippen LogP contribution in [0.15, 0.2) is 4.13 Å². The summed E-state index contributed by atoms with van der Waals surface area (Å²) in [5.41, 5.74) is 5.13. The van der Waals surface area contributed by atoms with Crippen LogP contribution < -0.4 is 5.73 Å². The van der Waals surface area contributed by atoms with Crippen LogP contribution in [-0.2, 0) is 19.1 Å². The van der Waals surface area contributed by atoms with Crippen LogP contribution in [0.3, 0.4) is 0 Å². The SMILES string of the molecule is C[S@](=O)(CC[C@H](N)C(=O)O)=NP(=O)(O)O. The maximum Gasteiger partial charge on any atom is 0.456 e. The van der Waals surface area contributed by atoms with Crippen molar-refractivity contribution in [1.82, 2.24) is 0 Å². The van der Waals surface area contributed by atoms with Gasteiger partial charge in [-0.1, -0.05) is 0 Å². The number of aliphatic carboxylic acids is 1. The zero-order chi connectivity index (χ0) is 12.3. The van der Waals surface area contributed by atoms with Gasteiger partial charge < -0.3 is 20.6 Å². The molecule has 0 aliphatic rings. The van der Waals surface area contributed by atoms with Crippen LogP contribution in [0.4, 0.5) is 0 Å². The first kappa shape index (κ1) is 14.5. The molecule has 0 heterocycles. The van der Waals surface area contributed by atoms with Gasteiger partial charge >= 0.3 is 13.7 Å². The Morgan fingerprint density at radius 1 is 1.60 bits per heavy atom. The Hall–Kier alpha value is -0.470. The minimum Gasteiger partial charge on any atom is -0.480 e. The molecule has 0 spiro atoms. The van der Waals surface area contributed by atoms with Crippen molar-refractivity contribution < 1.29 is 28.5 Å². The molecule has 0 aromatic carbocycles. The molecule has 15 heavy (non-hydrogen) atoms. The fourth-order valence-corrected chi connectivity index (χ4v) is 3.55. The number of rotatable bonds is 5. The molecule has 0 aliphatic heterocycles. The maximum absolute atomic E-state index is 11.4. The van der Waals surface area contributed by atoms with Gasteiger partial charge in [-0.25, -0.2) is 8.77 Å². The Labute approximate surface area is 86.9 Å². The molecule has 0 bridgehead atoms. The lowest BCUT2D eigenvalue weighted by molar-refractivity contribution is -0.138. The summed E-state index contributed by atoms with van der Waals surface area (Å²) in [4.78, 5) is 27.2. The van der Waals surface area contributed by atoms with Gasteiger partial charge in [0.1, 0.15) is 6.04 Å². The zero-order valence-electron chi connectivity index (χ0n) is 7.94. The molecule has 5 N–H and O–H groups in total. The Kier molecular flexibility index (Phi) is 4.88. The summed E-state index contributed by atoms with van der Waals surface area (Å²) < 4.78 is 24.7. The fourth-order valence-electron chi connectivity index (χ4n) is 0.735. The molecule has 0 rings (SSSR count). The van der Waals surface area contributed by atoms with Crippen molar-refractivity contribution >= 4 is 23.4 Å². The first-order chi connectivity index (χ1) is 6.53. The van der Waals surface area contributed by atoms with Gasteiger partial charge in [-0.05, 0) is 6.42 Å². The zero-order valence-corrected chi connectivity index (χ0v) is 9.65. The van der Waals surface area contributed by atoms with Crippen LogP contribution in [0, 0.1) is 0 Å². The van der Waals surface area contributed by atoms with E-state index in [1.165, 1.54) is 0 Å². The van der Waals surface area contributed by atoms with Crippen molar-refractivity contribution in [2.24, 2.45) is 9.87 Å². The first-order valence-electron chi connectivity index (χ1n) is 3.79. The molecule has 90 valence electrons. The van der Waals surface area contributed by atoms with Crippen molar-refractivity contribution in [2.75, 3.05) is 12.0 Å². The summed E-state index contributed by atoms with van der Waals surface area (Å²) in [6.45, 7) is 0. The van der Waals surface area contributed by atoms with Crippen molar-refractivity contribution in [3.05, 3.63) is 0 Å². The predicted octanol–water partition coefficient (Wildman–Crippen LogP) is -1.02. The quantitative estimate of drug-likeness (QED) is 0.462. The van der Waals surface area contributed by atoms with Gasteiger partial charge in [-0.3, -0.25) is 4.79 Å². The Morgan fingerprint density at radius 3 is 2.40 bits per heavy atom. The van der Waals surface area contributed by atoms with Crippen LogP contribution >= 0.6 is 7.75 Å². The van der Waals surface area contributed by atoms with Crippen molar-refractivity contribution in [2.45, 2.75) is 12.5 Å². The first-order valence-corrected chi connectivity index (χ1v) is 7.44. The molecule has 0 saturated heterocycles. The number of nitrogens with two attached hydrogens (primary N) is 1. The molecule has 0 amide bonds. The van der Waals surface area contributed by atoms with Gasteiger partial charge in [-0.15, -0.1) is 4.13 Å². The summed E-state index contributed by atoms with van der Waals surface area (Å²) in [6.07, 6.45) is 0.884. The summed E-state index contributed by atoms with van der Waals surface area (Å²) in [5, 5.41) is 8.41. The molecule has 0 fully saturated rings. The second-order valence-corrected chi connectivity index (χ2v) is 7.00. The third kappa shape index (κ3) is 7.46. The molecule has 0 aliphatic carbocycles. The van der Waals surface area contributed by atoms with E-state index >= 15 is 0 Å². The molecular formula is C5H13N2O6PS. The van der Waals surface area contributed by atoms with E-state index in [9.17, 15) is 13.6 Å². The Morgan fingerprint density at radius 2 is 2.07 bits per heavy atom. The van der Waals surface area contributed by atoms with Crippen LogP contribution in [0.25, 0.3) is 0 Å². The predicted molar refractivity (Wildman–Crippen MR) is 53.6 cm³/mol. The molecular weight excluding hydrogens is 247 g/mol. The molecule has 0 aromatic heterocycles. The minimum absolute atomic E-state index is 0.159. The van der Waals surface area contributed by atoms with Crippen molar-refractivity contribution in [1.29, 1.82) is 0 Å². The Bertz CT molecular complexity index is 394. The van der Waals surface area contributed by atoms with Crippen LogP contribution in [-0.4, -0.2) is 43.1 Å². The summed E-state index contributed by atoms with van der Waals surface area (Å²) >= 11 is 0. The topological polar surface area (TPSA) is 150 Å². The number of carboxylic acids is 1. The van der Waals surface area contributed by atoms with Gasteiger partial charge in [-0.2, -0.15) is 0 Å². The summed E-state index contributed by atoms with van der Waals surface area (Å²) in [5.74, 6) is -1.53. The highest BCUT2D eigenvalue weighted by Crippen LogP contribution is 2.37. The van der Waals surface area contributed by atoms with Crippen LogP contribution in [0.1, 0.15) is 6.42 Å². The van der Waals surface area contributed by atoms with Crippen molar-refractivity contribution in [3.8, 4) is 0 Å². The van der Waals surface area contributed by atoms with E-state index in [0.717, 1.165) is 6.26 Å². The second kappa shape index (κ2) is 5.04. The standard InChI is InChI=1S/C5H13N2O6PS/c1-15(13,7-14(10,11)12)3-2-4(6)5(8)9/h4H,2-3,6H2,1H3,(H,8,9)(H2,10,11,12)/t4-,15-/m0/s1. The molecule has 8 nitrogen and oxygen atoms in total. The number of hydrogen-bond acceptors (Lipinski definition) is 4. The normalized spacial score (nSPS) is 17.9. The fraction of sp³-hybridized carbons (Fsp3) is 0.800. The molecule has 2 atom stereocenters. The van der Waals surface area contributed by atoms with Gasteiger partial charge in [0.25, 0.3) is 0 Å². The molecule has 10 heteroatoms. The van der Waals surface area contributed by atoms with E-state index in [0.29, 0.717) is 0 Å². The lowest BCUT2D eigenvalue weighted by Crippen LogP contribution is -2.32. The van der Waals surface area contributed by atoms with Crippen molar-refractivity contribution in [3.63, 3.8) is 0 Å². The van der Waals surface area contributed by atoms with E-state index in [4.69, 9.17) is 20.6 Å². The van der Waals surface area contributed by atoms with Crippen LogP contribution in [0.5, 0.6) is 0 Å².